The van der Waals surface area contributed by atoms with E-state index < -0.39 is 12.6 Å². The molecule has 1 aromatic rings. The summed E-state index contributed by atoms with van der Waals surface area (Å²) < 4.78 is 35.5. The lowest BCUT2D eigenvalue weighted by molar-refractivity contribution is -0.127. The van der Waals surface area contributed by atoms with Crippen molar-refractivity contribution in [2.24, 2.45) is 0 Å². The molecule has 0 spiro atoms. The molecule has 62 valence electrons. The van der Waals surface area contributed by atoms with Crippen LogP contribution in [0.4, 0.5) is 13.2 Å². The van der Waals surface area contributed by atoms with Gasteiger partial charge < -0.3 is 0 Å². The number of halogens is 4. The molecule has 1 aromatic heterocycles. The molecule has 0 aliphatic heterocycles. The third-order valence-corrected chi connectivity index (χ3v) is 2.34. The van der Waals surface area contributed by atoms with Gasteiger partial charge in [-0.15, -0.1) is 11.3 Å². The average molecular weight is 201 g/mol. The van der Waals surface area contributed by atoms with E-state index in [1.54, 1.807) is 5.38 Å². The van der Waals surface area contributed by atoms with Crippen LogP contribution in [0.25, 0.3) is 0 Å². The molecule has 11 heavy (non-hydrogen) atoms. The summed E-state index contributed by atoms with van der Waals surface area (Å²) in [7, 11) is 0. The Morgan fingerprint density at radius 1 is 1.45 bits per heavy atom. The predicted molar refractivity (Wildman–Crippen MR) is 39.1 cm³/mol. The maximum absolute atomic E-state index is 11.7. The first kappa shape index (κ1) is 8.87. The van der Waals surface area contributed by atoms with Gasteiger partial charge in [-0.2, -0.15) is 13.2 Å². The molecule has 0 saturated heterocycles. The van der Waals surface area contributed by atoms with Gasteiger partial charge in [0.2, 0.25) is 0 Å². The SMILES string of the molecule is FC(F)(F)Cc1ccsc1Cl. The van der Waals surface area contributed by atoms with E-state index in [2.05, 4.69) is 0 Å². The second-order valence-electron chi connectivity index (χ2n) is 2.01. The smallest absolute Gasteiger partial charge is 0.171 e. The number of hydrogen-bond donors (Lipinski definition) is 0. The van der Waals surface area contributed by atoms with Gasteiger partial charge in [0.25, 0.3) is 0 Å². The molecule has 0 radical (unpaired) electrons. The van der Waals surface area contributed by atoms with Crippen molar-refractivity contribution in [3.63, 3.8) is 0 Å². The molecule has 0 aliphatic rings. The fourth-order valence-electron chi connectivity index (χ4n) is 0.661. The first-order chi connectivity index (χ1) is 4.99. The fourth-order valence-corrected chi connectivity index (χ4v) is 1.59. The van der Waals surface area contributed by atoms with E-state index in [1.165, 1.54) is 6.07 Å². The number of hydrogen-bond acceptors (Lipinski definition) is 1. The fraction of sp³-hybridized carbons (Fsp3) is 0.333. The van der Waals surface area contributed by atoms with Crippen molar-refractivity contribution >= 4 is 22.9 Å². The number of alkyl halides is 3. The molecular weight excluding hydrogens is 197 g/mol. The summed E-state index contributed by atoms with van der Waals surface area (Å²) in [4.78, 5) is 0. The van der Waals surface area contributed by atoms with Crippen molar-refractivity contribution in [2.45, 2.75) is 12.6 Å². The van der Waals surface area contributed by atoms with Gasteiger partial charge in [-0.3, -0.25) is 0 Å². The largest absolute Gasteiger partial charge is 0.393 e. The lowest BCUT2D eigenvalue weighted by Crippen LogP contribution is -2.10. The van der Waals surface area contributed by atoms with Crippen LogP contribution in [0.3, 0.4) is 0 Å². The van der Waals surface area contributed by atoms with E-state index >= 15 is 0 Å². The number of thiophene rings is 1. The number of rotatable bonds is 1. The van der Waals surface area contributed by atoms with E-state index in [-0.39, 0.29) is 9.90 Å². The highest BCUT2D eigenvalue weighted by molar-refractivity contribution is 7.14. The van der Waals surface area contributed by atoms with E-state index in [1.807, 2.05) is 0 Å². The predicted octanol–water partition coefficient (Wildman–Crippen LogP) is 3.51. The summed E-state index contributed by atoms with van der Waals surface area (Å²) in [6.07, 6.45) is -5.10. The van der Waals surface area contributed by atoms with Crippen molar-refractivity contribution in [3.05, 3.63) is 21.3 Å². The molecule has 0 fully saturated rings. The molecule has 0 atom stereocenters. The molecule has 0 amide bonds. The van der Waals surface area contributed by atoms with Crippen molar-refractivity contribution in [3.8, 4) is 0 Å². The maximum atomic E-state index is 11.7. The standard InChI is InChI=1S/C6H4ClF3S/c7-5-4(1-2-11-5)3-6(8,9)10/h1-2H,3H2. The van der Waals surface area contributed by atoms with Crippen LogP contribution >= 0.6 is 22.9 Å². The average Bonchev–Trinajstić information content (AvgIpc) is 2.12. The van der Waals surface area contributed by atoms with Gasteiger partial charge >= 0.3 is 6.18 Å². The van der Waals surface area contributed by atoms with Crippen LogP contribution in [-0.4, -0.2) is 6.18 Å². The quantitative estimate of drug-likeness (QED) is 0.651. The third-order valence-electron chi connectivity index (χ3n) is 1.08. The molecule has 0 unspecified atom stereocenters. The minimum atomic E-state index is -4.16. The zero-order valence-electron chi connectivity index (χ0n) is 5.28. The van der Waals surface area contributed by atoms with Crippen LogP contribution in [0.5, 0.6) is 0 Å². The van der Waals surface area contributed by atoms with Gasteiger partial charge in [-0.05, 0) is 17.0 Å². The Morgan fingerprint density at radius 2 is 2.09 bits per heavy atom. The Hall–Kier alpha value is -0.220. The second kappa shape index (κ2) is 3.03. The minimum absolute atomic E-state index is 0.157. The minimum Gasteiger partial charge on any atom is -0.171 e. The van der Waals surface area contributed by atoms with Crippen LogP contribution in [-0.2, 0) is 6.42 Å². The third kappa shape index (κ3) is 2.71. The summed E-state index contributed by atoms with van der Waals surface area (Å²) in [5, 5.41) is 1.55. The maximum Gasteiger partial charge on any atom is 0.393 e. The van der Waals surface area contributed by atoms with Crippen molar-refractivity contribution in [1.29, 1.82) is 0 Å². The second-order valence-corrected chi connectivity index (χ2v) is 3.53. The van der Waals surface area contributed by atoms with Gasteiger partial charge in [-0.1, -0.05) is 11.6 Å². The Bertz CT molecular complexity index is 240. The van der Waals surface area contributed by atoms with E-state index in [0.29, 0.717) is 0 Å². The van der Waals surface area contributed by atoms with Gasteiger partial charge in [0.05, 0.1) is 10.8 Å². The molecular formula is C6H4ClF3S. The molecule has 0 bridgehead atoms. The van der Waals surface area contributed by atoms with Crippen LogP contribution in [0, 0.1) is 0 Å². The van der Waals surface area contributed by atoms with E-state index in [4.69, 9.17) is 11.6 Å². The highest BCUT2D eigenvalue weighted by Gasteiger charge is 2.28. The molecule has 0 N–H and O–H groups in total. The van der Waals surface area contributed by atoms with E-state index in [0.717, 1.165) is 11.3 Å². The molecule has 0 aliphatic carbocycles. The zero-order chi connectivity index (χ0) is 8.48. The Kier molecular flexibility index (Phi) is 2.44. The lowest BCUT2D eigenvalue weighted by atomic mass is 10.2. The molecule has 1 heterocycles. The van der Waals surface area contributed by atoms with Gasteiger partial charge in [0, 0.05) is 0 Å². The summed E-state index contributed by atoms with van der Waals surface area (Å²) in [5.41, 5.74) is 0.157. The molecule has 1 rings (SSSR count). The summed E-state index contributed by atoms with van der Waals surface area (Å²) in [6, 6.07) is 1.39. The highest BCUT2D eigenvalue weighted by Crippen LogP contribution is 2.29. The Morgan fingerprint density at radius 3 is 2.45 bits per heavy atom. The molecule has 0 nitrogen and oxygen atoms in total. The molecule has 0 saturated carbocycles. The Balaban J connectivity index is 2.72. The van der Waals surface area contributed by atoms with Crippen molar-refractivity contribution < 1.29 is 13.2 Å². The zero-order valence-corrected chi connectivity index (χ0v) is 6.85. The van der Waals surface area contributed by atoms with Crippen LogP contribution < -0.4 is 0 Å². The topological polar surface area (TPSA) is 0 Å². The summed E-state index contributed by atoms with van der Waals surface area (Å²) in [6.45, 7) is 0. The van der Waals surface area contributed by atoms with Crippen LogP contribution in [0.2, 0.25) is 4.34 Å². The van der Waals surface area contributed by atoms with Crippen LogP contribution in [0.15, 0.2) is 11.4 Å². The lowest BCUT2D eigenvalue weighted by Gasteiger charge is -2.03. The summed E-state index contributed by atoms with van der Waals surface area (Å²) in [5.74, 6) is 0. The van der Waals surface area contributed by atoms with Gasteiger partial charge in [0.15, 0.2) is 0 Å². The van der Waals surface area contributed by atoms with Gasteiger partial charge in [0.1, 0.15) is 0 Å². The first-order valence-corrected chi connectivity index (χ1v) is 4.03. The van der Waals surface area contributed by atoms with Crippen LogP contribution in [0.1, 0.15) is 5.56 Å². The normalized spacial score (nSPS) is 12.0. The van der Waals surface area contributed by atoms with Gasteiger partial charge in [-0.25, -0.2) is 0 Å². The van der Waals surface area contributed by atoms with Crippen molar-refractivity contribution in [2.75, 3.05) is 0 Å². The Labute approximate surface area is 70.6 Å². The first-order valence-electron chi connectivity index (χ1n) is 2.77. The molecule has 0 aromatic carbocycles. The van der Waals surface area contributed by atoms with Crippen molar-refractivity contribution in [1.82, 2.24) is 0 Å². The summed E-state index contributed by atoms with van der Waals surface area (Å²) >= 11 is 6.57. The van der Waals surface area contributed by atoms with E-state index in [9.17, 15) is 13.2 Å². The highest BCUT2D eigenvalue weighted by atomic mass is 35.5. The monoisotopic (exact) mass is 200 g/mol. The molecule has 5 heteroatoms.